The van der Waals surface area contributed by atoms with Crippen LogP contribution in [0.2, 0.25) is 0 Å². The summed E-state index contributed by atoms with van der Waals surface area (Å²) in [5.41, 5.74) is 0. The molecule has 1 saturated heterocycles. The molecular weight excluding hydrogens is 204 g/mol. The fourth-order valence-electron chi connectivity index (χ4n) is 3.14. The highest BCUT2D eigenvalue weighted by molar-refractivity contribution is 5.76. The third kappa shape index (κ3) is 1.86. The summed E-state index contributed by atoms with van der Waals surface area (Å²) < 4.78 is 11.5. The molecule has 1 unspecified atom stereocenters. The lowest BCUT2D eigenvalue weighted by atomic mass is 9.73. The van der Waals surface area contributed by atoms with Crippen LogP contribution in [-0.4, -0.2) is 17.9 Å². The van der Waals surface area contributed by atoms with Gasteiger partial charge in [0.25, 0.3) is 0 Å². The number of ether oxygens (including phenoxy) is 2. The highest BCUT2D eigenvalue weighted by atomic mass is 16.8. The van der Waals surface area contributed by atoms with Crippen molar-refractivity contribution < 1.29 is 14.3 Å². The van der Waals surface area contributed by atoms with Gasteiger partial charge < -0.3 is 9.47 Å². The van der Waals surface area contributed by atoms with Crippen LogP contribution in [0.25, 0.3) is 0 Å². The fraction of sp³-hybridized carbons (Fsp3) is 0.923. The van der Waals surface area contributed by atoms with Crippen LogP contribution >= 0.6 is 0 Å². The molecule has 0 amide bonds. The van der Waals surface area contributed by atoms with Gasteiger partial charge in [0.05, 0.1) is 0 Å². The van der Waals surface area contributed by atoms with Gasteiger partial charge in [-0.15, -0.1) is 0 Å². The van der Waals surface area contributed by atoms with Crippen molar-refractivity contribution in [2.75, 3.05) is 0 Å². The summed E-state index contributed by atoms with van der Waals surface area (Å²) in [6, 6.07) is 0. The Hall–Kier alpha value is -0.570. The van der Waals surface area contributed by atoms with E-state index in [1.807, 2.05) is 0 Å². The molecule has 1 aliphatic carbocycles. The molecule has 0 aromatic carbocycles. The van der Waals surface area contributed by atoms with Gasteiger partial charge in [-0.1, -0.05) is 20.8 Å². The third-order valence-corrected chi connectivity index (χ3v) is 3.95. The van der Waals surface area contributed by atoms with Crippen molar-refractivity contribution in [1.29, 1.82) is 0 Å². The number of hydrogen-bond donors (Lipinski definition) is 0. The summed E-state index contributed by atoms with van der Waals surface area (Å²) in [7, 11) is 0. The molecule has 2 fully saturated rings. The molecule has 0 bridgehead atoms. The molecule has 1 aliphatic heterocycles. The van der Waals surface area contributed by atoms with Crippen LogP contribution in [-0.2, 0) is 14.3 Å². The summed E-state index contributed by atoms with van der Waals surface area (Å²) in [4.78, 5) is 11.6. The van der Waals surface area contributed by atoms with E-state index in [9.17, 15) is 4.79 Å². The maximum atomic E-state index is 11.6. The number of esters is 1. The maximum Gasteiger partial charge on any atom is 0.337 e. The van der Waals surface area contributed by atoms with Crippen molar-refractivity contribution in [3.63, 3.8) is 0 Å². The van der Waals surface area contributed by atoms with Gasteiger partial charge in [0.15, 0.2) is 6.10 Å². The predicted molar refractivity (Wildman–Crippen MR) is 60.7 cm³/mol. The minimum Gasteiger partial charge on any atom is -0.431 e. The van der Waals surface area contributed by atoms with E-state index in [-0.39, 0.29) is 5.97 Å². The largest absolute Gasteiger partial charge is 0.431 e. The fourth-order valence-corrected chi connectivity index (χ4v) is 3.14. The lowest BCUT2D eigenvalue weighted by Crippen LogP contribution is -2.46. The summed E-state index contributed by atoms with van der Waals surface area (Å²) in [6.07, 6.45) is 2.76. The Balaban J connectivity index is 2.23. The van der Waals surface area contributed by atoms with Crippen LogP contribution in [0.5, 0.6) is 0 Å². The molecule has 1 spiro atoms. The molecule has 2 rings (SSSR count). The van der Waals surface area contributed by atoms with Crippen LogP contribution in [0.15, 0.2) is 0 Å². The molecule has 0 N–H and O–H groups in total. The van der Waals surface area contributed by atoms with E-state index >= 15 is 0 Å². The number of rotatable bonds is 1. The molecule has 3 heteroatoms. The lowest BCUT2D eigenvalue weighted by molar-refractivity contribution is -0.235. The Labute approximate surface area is 97.5 Å². The van der Waals surface area contributed by atoms with E-state index in [2.05, 4.69) is 20.8 Å². The maximum absolute atomic E-state index is 11.6. The number of hydrogen-bond acceptors (Lipinski definition) is 3. The second-order valence-corrected chi connectivity index (χ2v) is 5.73. The Morgan fingerprint density at radius 1 is 1.31 bits per heavy atom. The molecule has 92 valence electrons. The smallest absolute Gasteiger partial charge is 0.337 e. The van der Waals surface area contributed by atoms with Gasteiger partial charge in [-0.2, -0.15) is 0 Å². The first-order chi connectivity index (χ1) is 7.44. The van der Waals surface area contributed by atoms with Crippen LogP contribution < -0.4 is 0 Å². The second kappa shape index (κ2) is 4.02. The Morgan fingerprint density at radius 3 is 2.50 bits per heavy atom. The highest BCUT2D eigenvalue weighted by Crippen LogP contribution is 2.47. The molecule has 0 aromatic rings. The van der Waals surface area contributed by atoms with Crippen LogP contribution in [0.1, 0.15) is 47.0 Å². The Morgan fingerprint density at radius 2 is 2.00 bits per heavy atom. The van der Waals surface area contributed by atoms with E-state index in [0.717, 1.165) is 12.8 Å². The average molecular weight is 226 g/mol. The zero-order valence-electron chi connectivity index (χ0n) is 10.7. The van der Waals surface area contributed by atoms with E-state index < -0.39 is 11.9 Å². The molecule has 4 atom stereocenters. The van der Waals surface area contributed by atoms with Gasteiger partial charge in [-0.3, -0.25) is 0 Å². The van der Waals surface area contributed by atoms with Crippen molar-refractivity contribution >= 4 is 5.97 Å². The first-order valence-corrected chi connectivity index (χ1v) is 6.35. The molecule has 1 saturated carbocycles. The van der Waals surface area contributed by atoms with E-state index in [1.165, 1.54) is 6.42 Å². The second-order valence-electron chi connectivity index (χ2n) is 5.73. The van der Waals surface area contributed by atoms with Gasteiger partial charge in [-0.05, 0) is 31.6 Å². The summed E-state index contributed by atoms with van der Waals surface area (Å²) in [6.45, 7) is 8.36. The molecule has 16 heavy (non-hydrogen) atoms. The highest BCUT2D eigenvalue weighted by Gasteiger charge is 2.54. The molecule has 2 aliphatic rings. The summed E-state index contributed by atoms with van der Waals surface area (Å²) >= 11 is 0. The van der Waals surface area contributed by atoms with Gasteiger partial charge >= 0.3 is 5.97 Å². The zero-order valence-corrected chi connectivity index (χ0v) is 10.7. The number of carbonyl (C=O) groups is 1. The topological polar surface area (TPSA) is 35.5 Å². The first-order valence-electron chi connectivity index (χ1n) is 6.35. The Bertz CT molecular complexity index is 287. The normalized spacial score (nSPS) is 44.1. The van der Waals surface area contributed by atoms with E-state index in [1.54, 1.807) is 6.92 Å². The van der Waals surface area contributed by atoms with Gasteiger partial charge in [0, 0.05) is 12.3 Å². The number of carbonyl (C=O) groups excluding carboxylic acids is 1. The van der Waals surface area contributed by atoms with Crippen LogP contribution in [0.3, 0.4) is 0 Å². The monoisotopic (exact) mass is 226 g/mol. The van der Waals surface area contributed by atoms with Crippen LogP contribution in [0.4, 0.5) is 0 Å². The third-order valence-electron chi connectivity index (χ3n) is 3.95. The average Bonchev–Trinajstić information content (AvgIpc) is 2.41. The van der Waals surface area contributed by atoms with E-state index in [4.69, 9.17) is 9.47 Å². The summed E-state index contributed by atoms with van der Waals surface area (Å²) in [5.74, 6) is 0.596. The van der Waals surface area contributed by atoms with Gasteiger partial charge in [-0.25, -0.2) is 4.79 Å². The van der Waals surface area contributed by atoms with E-state index in [0.29, 0.717) is 17.8 Å². The molecule has 3 nitrogen and oxygen atoms in total. The van der Waals surface area contributed by atoms with Gasteiger partial charge in [0.1, 0.15) is 0 Å². The SMILES string of the molecule is CC(C)[C@H]1CC[C@@H](C)CC12OC(=O)[C@H](C)O2. The standard InChI is InChI=1S/C13H22O3/c1-8(2)11-6-5-9(3)7-13(11)15-10(4)12(14)16-13/h8-11H,5-7H2,1-4H3/t9-,10+,11-,13?/m1/s1. The van der Waals surface area contributed by atoms with Crippen molar-refractivity contribution in [3.05, 3.63) is 0 Å². The van der Waals surface area contributed by atoms with Crippen molar-refractivity contribution in [3.8, 4) is 0 Å². The van der Waals surface area contributed by atoms with Crippen molar-refractivity contribution in [1.82, 2.24) is 0 Å². The minimum atomic E-state index is -0.623. The quantitative estimate of drug-likeness (QED) is 0.645. The molecule has 0 radical (unpaired) electrons. The van der Waals surface area contributed by atoms with Crippen molar-refractivity contribution in [2.24, 2.45) is 17.8 Å². The molecule has 1 heterocycles. The Kier molecular flexibility index (Phi) is 2.99. The van der Waals surface area contributed by atoms with Crippen LogP contribution in [0, 0.1) is 17.8 Å². The lowest BCUT2D eigenvalue weighted by Gasteiger charge is -2.43. The zero-order chi connectivity index (χ0) is 11.9. The summed E-state index contributed by atoms with van der Waals surface area (Å²) in [5, 5.41) is 0. The molecular formula is C13H22O3. The van der Waals surface area contributed by atoms with Crippen molar-refractivity contribution in [2.45, 2.75) is 58.8 Å². The first kappa shape index (κ1) is 11.9. The minimum absolute atomic E-state index is 0.195. The predicted octanol–water partition coefficient (Wildman–Crippen LogP) is 2.74. The van der Waals surface area contributed by atoms with Gasteiger partial charge in [0.2, 0.25) is 5.79 Å². The molecule has 0 aromatic heterocycles.